The van der Waals surface area contributed by atoms with E-state index < -0.39 is 16.9 Å². The van der Waals surface area contributed by atoms with Crippen LogP contribution >= 0.6 is 11.6 Å². The number of carbonyl (C=O) groups excluding carboxylic acids is 1. The average molecular weight is 431 g/mol. The second-order valence-corrected chi connectivity index (χ2v) is 6.96. The number of aromatic nitrogens is 2. The van der Waals surface area contributed by atoms with Crippen molar-refractivity contribution >= 4 is 34.1 Å². The number of carbonyl (C=O) groups is 1. The number of benzene rings is 2. The number of nitro groups is 1. The van der Waals surface area contributed by atoms with E-state index in [0.29, 0.717) is 23.3 Å². The van der Waals surface area contributed by atoms with Crippen LogP contribution in [0.4, 0.5) is 5.69 Å². The fourth-order valence-corrected chi connectivity index (χ4v) is 3.32. The fraction of sp³-hybridized carbons (Fsp3) is 0.250. The molecule has 30 heavy (non-hydrogen) atoms. The van der Waals surface area contributed by atoms with Gasteiger partial charge in [-0.3, -0.25) is 24.3 Å². The Kier molecular flexibility index (Phi) is 6.43. The molecule has 1 unspecified atom stereocenters. The number of nitro benzene ring substituents is 1. The first kappa shape index (κ1) is 21.4. The number of amides is 1. The van der Waals surface area contributed by atoms with Crippen LogP contribution in [0.2, 0.25) is 5.02 Å². The fourth-order valence-electron chi connectivity index (χ4n) is 3.06. The first-order valence-electron chi connectivity index (χ1n) is 9.06. The molecule has 1 N–H and O–H groups in total. The molecule has 0 spiro atoms. The van der Waals surface area contributed by atoms with Gasteiger partial charge in [0, 0.05) is 19.2 Å². The maximum absolute atomic E-state index is 12.9. The minimum Gasteiger partial charge on any atom is -0.383 e. The van der Waals surface area contributed by atoms with Gasteiger partial charge in [0.2, 0.25) is 0 Å². The second-order valence-electron chi connectivity index (χ2n) is 6.55. The molecule has 0 fully saturated rings. The maximum Gasteiger partial charge on any atom is 0.270 e. The lowest BCUT2D eigenvalue weighted by Gasteiger charge is -2.19. The highest BCUT2D eigenvalue weighted by molar-refractivity contribution is 6.34. The van der Waals surface area contributed by atoms with Gasteiger partial charge in [-0.25, -0.2) is 4.98 Å². The van der Waals surface area contributed by atoms with Crippen molar-refractivity contribution in [3.05, 3.63) is 79.3 Å². The van der Waals surface area contributed by atoms with Gasteiger partial charge in [-0.1, -0.05) is 23.7 Å². The van der Waals surface area contributed by atoms with E-state index in [9.17, 15) is 19.7 Å². The number of para-hydroxylation sites is 1. The number of hydrogen-bond acceptors (Lipinski definition) is 6. The van der Waals surface area contributed by atoms with Crippen molar-refractivity contribution in [3.8, 4) is 0 Å². The summed E-state index contributed by atoms with van der Waals surface area (Å²) >= 11 is 6.05. The number of non-ortho nitro benzene ring substituents is 1. The SMILES string of the molecule is COCCn1c(C(C)NC(=O)c2ccc([N+](=O)[O-])cc2Cl)nc2ccccc2c1=O. The van der Waals surface area contributed by atoms with Crippen molar-refractivity contribution in [3.63, 3.8) is 0 Å². The van der Waals surface area contributed by atoms with Gasteiger partial charge in [0.05, 0.1) is 45.6 Å². The number of halogens is 1. The van der Waals surface area contributed by atoms with Crippen LogP contribution in [0.15, 0.2) is 47.3 Å². The Hall–Kier alpha value is -3.30. The summed E-state index contributed by atoms with van der Waals surface area (Å²) in [5.74, 6) is -0.176. The molecule has 2 aromatic carbocycles. The quantitative estimate of drug-likeness (QED) is 0.454. The third kappa shape index (κ3) is 4.32. The van der Waals surface area contributed by atoms with Crippen LogP contribution in [0.5, 0.6) is 0 Å². The van der Waals surface area contributed by atoms with E-state index in [0.717, 1.165) is 6.07 Å². The lowest BCUT2D eigenvalue weighted by atomic mass is 10.1. The molecule has 10 heteroatoms. The van der Waals surface area contributed by atoms with Gasteiger partial charge in [0.1, 0.15) is 5.82 Å². The molecule has 0 bridgehead atoms. The molecule has 156 valence electrons. The average Bonchev–Trinajstić information content (AvgIpc) is 2.72. The molecule has 0 saturated heterocycles. The molecule has 1 aromatic heterocycles. The zero-order valence-corrected chi connectivity index (χ0v) is 17.0. The number of hydrogen-bond donors (Lipinski definition) is 1. The second kappa shape index (κ2) is 9.02. The summed E-state index contributed by atoms with van der Waals surface area (Å²) in [6, 6.07) is 9.91. The predicted molar refractivity (Wildman–Crippen MR) is 112 cm³/mol. The summed E-state index contributed by atoms with van der Waals surface area (Å²) < 4.78 is 6.56. The van der Waals surface area contributed by atoms with E-state index in [4.69, 9.17) is 16.3 Å². The van der Waals surface area contributed by atoms with Gasteiger partial charge in [0.25, 0.3) is 17.2 Å². The molecule has 0 aliphatic heterocycles. The first-order chi connectivity index (χ1) is 14.3. The van der Waals surface area contributed by atoms with Gasteiger partial charge in [-0.15, -0.1) is 0 Å². The zero-order chi connectivity index (χ0) is 21.8. The van der Waals surface area contributed by atoms with Crippen molar-refractivity contribution in [2.75, 3.05) is 13.7 Å². The highest BCUT2D eigenvalue weighted by atomic mass is 35.5. The Morgan fingerprint density at radius 1 is 1.33 bits per heavy atom. The van der Waals surface area contributed by atoms with Crippen LogP contribution in [0.1, 0.15) is 29.1 Å². The topological polar surface area (TPSA) is 116 Å². The van der Waals surface area contributed by atoms with Gasteiger partial charge in [-0.05, 0) is 25.1 Å². The van der Waals surface area contributed by atoms with Crippen LogP contribution in [0.25, 0.3) is 10.9 Å². The summed E-state index contributed by atoms with van der Waals surface area (Å²) in [4.78, 5) is 40.5. The smallest absolute Gasteiger partial charge is 0.270 e. The molecule has 0 aliphatic rings. The third-order valence-corrected chi connectivity index (χ3v) is 4.87. The molecule has 1 atom stereocenters. The number of nitrogens with zero attached hydrogens (tertiary/aromatic N) is 3. The molecule has 9 nitrogen and oxygen atoms in total. The summed E-state index contributed by atoms with van der Waals surface area (Å²) in [6.45, 7) is 2.25. The molecule has 3 rings (SSSR count). The highest BCUT2D eigenvalue weighted by Gasteiger charge is 2.21. The van der Waals surface area contributed by atoms with E-state index in [1.807, 2.05) is 0 Å². The van der Waals surface area contributed by atoms with Crippen molar-refractivity contribution in [2.45, 2.75) is 19.5 Å². The Balaban J connectivity index is 1.96. The van der Waals surface area contributed by atoms with E-state index in [1.54, 1.807) is 31.2 Å². The largest absolute Gasteiger partial charge is 0.383 e. The Bertz CT molecular complexity index is 1180. The summed E-state index contributed by atoms with van der Waals surface area (Å²) in [5, 5.41) is 14.0. The monoisotopic (exact) mass is 430 g/mol. The maximum atomic E-state index is 12.9. The van der Waals surface area contributed by atoms with Crippen molar-refractivity contribution in [2.24, 2.45) is 0 Å². The number of ether oxygens (including phenoxy) is 1. The molecule has 3 aromatic rings. The van der Waals surface area contributed by atoms with Crippen molar-refractivity contribution < 1.29 is 14.5 Å². The zero-order valence-electron chi connectivity index (χ0n) is 16.3. The van der Waals surface area contributed by atoms with E-state index >= 15 is 0 Å². The van der Waals surface area contributed by atoms with Gasteiger partial charge in [0.15, 0.2) is 0 Å². The van der Waals surface area contributed by atoms with Crippen LogP contribution in [0, 0.1) is 10.1 Å². The summed E-state index contributed by atoms with van der Waals surface area (Å²) in [7, 11) is 1.53. The van der Waals surface area contributed by atoms with Crippen LogP contribution in [-0.4, -0.2) is 34.1 Å². The Morgan fingerprint density at radius 2 is 2.07 bits per heavy atom. The normalized spacial score (nSPS) is 12.0. The van der Waals surface area contributed by atoms with Crippen molar-refractivity contribution in [1.29, 1.82) is 0 Å². The molecule has 0 aliphatic carbocycles. The standard InChI is InChI=1S/C20H19ClN4O5/c1-12(22-19(26)14-8-7-13(25(28)29)11-16(14)21)18-23-17-6-4-3-5-15(17)20(27)24(18)9-10-30-2/h3-8,11-12H,9-10H2,1-2H3,(H,22,26). The molecular formula is C20H19ClN4O5. The Morgan fingerprint density at radius 3 is 2.73 bits per heavy atom. The molecular weight excluding hydrogens is 412 g/mol. The number of fused-ring (bicyclic) bond motifs is 1. The van der Waals surface area contributed by atoms with Crippen LogP contribution in [0.3, 0.4) is 0 Å². The molecule has 0 radical (unpaired) electrons. The third-order valence-electron chi connectivity index (χ3n) is 4.55. The summed E-state index contributed by atoms with van der Waals surface area (Å²) in [5.41, 5.74) is 0.151. The minimum atomic E-state index is -0.641. The first-order valence-corrected chi connectivity index (χ1v) is 9.44. The number of methoxy groups -OCH3 is 1. The van der Waals surface area contributed by atoms with Gasteiger partial charge in [-0.2, -0.15) is 0 Å². The number of nitrogens with one attached hydrogen (secondary N) is 1. The highest BCUT2D eigenvalue weighted by Crippen LogP contribution is 2.23. The number of rotatable bonds is 7. The molecule has 1 amide bonds. The van der Waals surface area contributed by atoms with E-state index in [1.165, 1.54) is 23.8 Å². The minimum absolute atomic E-state index is 0.0443. The van der Waals surface area contributed by atoms with E-state index in [-0.39, 0.29) is 28.4 Å². The van der Waals surface area contributed by atoms with Gasteiger partial charge >= 0.3 is 0 Å². The summed E-state index contributed by atoms with van der Waals surface area (Å²) in [6.07, 6.45) is 0. The van der Waals surface area contributed by atoms with Crippen LogP contribution in [-0.2, 0) is 11.3 Å². The van der Waals surface area contributed by atoms with Crippen molar-refractivity contribution in [1.82, 2.24) is 14.9 Å². The molecule has 1 heterocycles. The van der Waals surface area contributed by atoms with E-state index in [2.05, 4.69) is 10.3 Å². The van der Waals surface area contributed by atoms with Crippen LogP contribution < -0.4 is 10.9 Å². The lowest BCUT2D eigenvalue weighted by molar-refractivity contribution is -0.384. The lowest BCUT2D eigenvalue weighted by Crippen LogP contribution is -2.34. The van der Waals surface area contributed by atoms with Gasteiger partial charge < -0.3 is 10.1 Å². The predicted octanol–water partition coefficient (Wildman–Crippen LogP) is 3.10. The Labute approximate surface area is 176 Å². The molecule has 0 saturated carbocycles.